The molecule has 0 bridgehead atoms. The number of benzene rings is 2. The van der Waals surface area contributed by atoms with Crippen molar-refractivity contribution in [1.82, 2.24) is 0 Å². The Balaban J connectivity index is 2.04. The predicted octanol–water partition coefficient (Wildman–Crippen LogP) is 4.03. The summed E-state index contributed by atoms with van der Waals surface area (Å²) in [6.07, 6.45) is 2.02. The number of methoxy groups -OCH3 is 3. The van der Waals surface area contributed by atoms with Crippen LogP contribution in [0.5, 0.6) is 17.2 Å². The lowest BCUT2D eigenvalue weighted by Crippen LogP contribution is -2.34. The fourth-order valence-electron chi connectivity index (χ4n) is 3.80. The van der Waals surface area contributed by atoms with E-state index in [-0.39, 0.29) is 18.3 Å². The zero-order chi connectivity index (χ0) is 21.7. The number of ether oxygens (including phenoxy) is 4. The third kappa shape index (κ3) is 4.32. The van der Waals surface area contributed by atoms with Crippen LogP contribution in [-0.4, -0.2) is 39.7 Å². The summed E-state index contributed by atoms with van der Waals surface area (Å²) >= 11 is 0. The molecule has 2 aromatic carbocycles. The van der Waals surface area contributed by atoms with Crippen LogP contribution in [0.2, 0.25) is 0 Å². The SMILES string of the molecule is CCOC(=O)[C@H]1C(=O)C=C(c2ccc(OC)cc2OC)C[C@@H]1c1ccc(OC)cc1. The Kier molecular flexibility index (Phi) is 6.77. The summed E-state index contributed by atoms with van der Waals surface area (Å²) in [5.74, 6) is -0.0265. The Hall–Kier alpha value is -3.28. The maximum atomic E-state index is 13.1. The standard InChI is InChI=1S/C24H26O6/c1-5-30-24(26)23-20(15-6-8-17(27-2)9-7-15)12-16(13-21(23)25)19-11-10-18(28-3)14-22(19)29-4/h6-11,13-14,20,23H,5,12H2,1-4H3/t20-,23-/m1/s1. The molecule has 0 spiro atoms. The Morgan fingerprint density at radius 3 is 2.23 bits per heavy atom. The molecule has 0 radical (unpaired) electrons. The molecule has 0 fully saturated rings. The van der Waals surface area contributed by atoms with Crippen molar-refractivity contribution in [3.63, 3.8) is 0 Å². The third-order valence-corrected chi connectivity index (χ3v) is 5.30. The van der Waals surface area contributed by atoms with Gasteiger partial charge in [0.15, 0.2) is 5.78 Å². The normalized spacial score (nSPS) is 18.4. The lowest BCUT2D eigenvalue weighted by molar-refractivity contribution is -0.151. The second kappa shape index (κ2) is 9.48. The van der Waals surface area contributed by atoms with Gasteiger partial charge in [-0.25, -0.2) is 0 Å². The monoisotopic (exact) mass is 410 g/mol. The molecule has 3 rings (SSSR count). The first-order valence-corrected chi connectivity index (χ1v) is 9.79. The molecule has 2 atom stereocenters. The fraction of sp³-hybridized carbons (Fsp3) is 0.333. The van der Waals surface area contributed by atoms with Crippen molar-refractivity contribution in [2.45, 2.75) is 19.3 Å². The van der Waals surface area contributed by atoms with E-state index in [1.807, 2.05) is 36.4 Å². The summed E-state index contributed by atoms with van der Waals surface area (Å²) in [5, 5.41) is 0. The lowest BCUT2D eigenvalue weighted by Gasteiger charge is -2.30. The minimum Gasteiger partial charge on any atom is -0.497 e. The van der Waals surface area contributed by atoms with Crippen molar-refractivity contribution in [3.05, 3.63) is 59.7 Å². The minimum atomic E-state index is -0.883. The summed E-state index contributed by atoms with van der Waals surface area (Å²) < 4.78 is 21.2. The van der Waals surface area contributed by atoms with E-state index in [0.717, 1.165) is 16.7 Å². The first-order valence-electron chi connectivity index (χ1n) is 9.79. The highest BCUT2D eigenvalue weighted by molar-refractivity contribution is 6.11. The molecule has 6 heteroatoms. The second-order valence-electron chi connectivity index (χ2n) is 6.95. The predicted molar refractivity (Wildman–Crippen MR) is 113 cm³/mol. The maximum absolute atomic E-state index is 13.1. The van der Waals surface area contributed by atoms with Crippen molar-refractivity contribution >= 4 is 17.3 Å². The lowest BCUT2D eigenvalue weighted by atomic mass is 9.73. The van der Waals surface area contributed by atoms with Gasteiger partial charge in [-0.2, -0.15) is 0 Å². The number of allylic oxidation sites excluding steroid dienone is 2. The van der Waals surface area contributed by atoms with Crippen LogP contribution in [0, 0.1) is 5.92 Å². The highest BCUT2D eigenvalue weighted by Crippen LogP contribution is 2.43. The van der Waals surface area contributed by atoms with Gasteiger partial charge in [-0.1, -0.05) is 12.1 Å². The number of ketones is 1. The molecule has 6 nitrogen and oxygen atoms in total. The summed E-state index contributed by atoms with van der Waals surface area (Å²) in [5.41, 5.74) is 2.48. The van der Waals surface area contributed by atoms with E-state index in [2.05, 4.69) is 0 Å². The van der Waals surface area contributed by atoms with Gasteiger partial charge in [0.1, 0.15) is 23.2 Å². The molecule has 0 unspecified atom stereocenters. The number of carbonyl (C=O) groups excluding carboxylic acids is 2. The van der Waals surface area contributed by atoms with Gasteiger partial charge in [-0.3, -0.25) is 9.59 Å². The van der Waals surface area contributed by atoms with Crippen LogP contribution >= 0.6 is 0 Å². The van der Waals surface area contributed by atoms with Crippen LogP contribution in [0.4, 0.5) is 0 Å². The molecule has 2 aromatic rings. The average molecular weight is 410 g/mol. The van der Waals surface area contributed by atoms with E-state index < -0.39 is 11.9 Å². The fourth-order valence-corrected chi connectivity index (χ4v) is 3.80. The van der Waals surface area contributed by atoms with E-state index in [9.17, 15) is 9.59 Å². The molecule has 30 heavy (non-hydrogen) atoms. The van der Waals surface area contributed by atoms with Crippen molar-refractivity contribution < 1.29 is 28.5 Å². The zero-order valence-corrected chi connectivity index (χ0v) is 17.6. The summed E-state index contributed by atoms with van der Waals surface area (Å²) in [7, 11) is 4.75. The maximum Gasteiger partial charge on any atom is 0.317 e. The van der Waals surface area contributed by atoms with E-state index in [0.29, 0.717) is 23.7 Å². The molecule has 0 aliphatic heterocycles. The van der Waals surface area contributed by atoms with E-state index in [4.69, 9.17) is 18.9 Å². The molecule has 0 N–H and O–H groups in total. The van der Waals surface area contributed by atoms with Crippen LogP contribution in [0.1, 0.15) is 30.4 Å². The van der Waals surface area contributed by atoms with E-state index in [1.54, 1.807) is 34.3 Å². The Labute approximate surface area is 176 Å². The number of hydrogen-bond donors (Lipinski definition) is 0. The number of hydrogen-bond acceptors (Lipinski definition) is 6. The third-order valence-electron chi connectivity index (χ3n) is 5.30. The number of esters is 1. The van der Waals surface area contributed by atoms with Gasteiger partial charge in [0.2, 0.25) is 0 Å². The van der Waals surface area contributed by atoms with Gasteiger partial charge < -0.3 is 18.9 Å². The van der Waals surface area contributed by atoms with Crippen LogP contribution in [0.15, 0.2) is 48.5 Å². The van der Waals surface area contributed by atoms with Gasteiger partial charge in [0, 0.05) is 17.5 Å². The second-order valence-corrected chi connectivity index (χ2v) is 6.95. The van der Waals surface area contributed by atoms with Crippen LogP contribution in [0.3, 0.4) is 0 Å². The van der Waals surface area contributed by atoms with E-state index in [1.165, 1.54) is 6.08 Å². The number of rotatable bonds is 7. The quantitative estimate of drug-likeness (QED) is 0.507. The van der Waals surface area contributed by atoms with Gasteiger partial charge in [-0.05, 0) is 54.8 Å². The van der Waals surface area contributed by atoms with Gasteiger partial charge in [0.25, 0.3) is 0 Å². The highest BCUT2D eigenvalue weighted by Gasteiger charge is 2.40. The first kappa shape index (κ1) is 21.4. The molecule has 0 heterocycles. The van der Waals surface area contributed by atoms with Crippen LogP contribution in [-0.2, 0) is 14.3 Å². The summed E-state index contributed by atoms with van der Waals surface area (Å²) in [6.45, 7) is 1.96. The molecule has 1 aliphatic carbocycles. The van der Waals surface area contributed by atoms with Crippen LogP contribution in [0.25, 0.3) is 5.57 Å². The summed E-state index contributed by atoms with van der Waals surface area (Å²) in [4.78, 5) is 25.7. The van der Waals surface area contributed by atoms with Crippen molar-refractivity contribution in [1.29, 1.82) is 0 Å². The topological polar surface area (TPSA) is 71.1 Å². The average Bonchev–Trinajstić information content (AvgIpc) is 2.78. The smallest absolute Gasteiger partial charge is 0.317 e. The number of carbonyl (C=O) groups is 2. The molecular formula is C24H26O6. The molecule has 0 aromatic heterocycles. The highest BCUT2D eigenvalue weighted by atomic mass is 16.5. The largest absolute Gasteiger partial charge is 0.497 e. The molecule has 0 amide bonds. The molecule has 0 saturated heterocycles. The molecule has 0 saturated carbocycles. The molecule has 158 valence electrons. The molecular weight excluding hydrogens is 384 g/mol. The summed E-state index contributed by atoms with van der Waals surface area (Å²) in [6, 6.07) is 12.9. The Morgan fingerprint density at radius 2 is 1.63 bits per heavy atom. The van der Waals surface area contributed by atoms with Gasteiger partial charge in [0.05, 0.1) is 27.9 Å². The van der Waals surface area contributed by atoms with Crippen molar-refractivity contribution in [2.24, 2.45) is 5.92 Å². The van der Waals surface area contributed by atoms with Crippen molar-refractivity contribution in [3.8, 4) is 17.2 Å². The minimum absolute atomic E-state index is 0.223. The van der Waals surface area contributed by atoms with Crippen molar-refractivity contribution in [2.75, 3.05) is 27.9 Å². The zero-order valence-electron chi connectivity index (χ0n) is 17.6. The van der Waals surface area contributed by atoms with E-state index >= 15 is 0 Å². The van der Waals surface area contributed by atoms with Gasteiger partial charge in [-0.15, -0.1) is 0 Å². The van der Waals surface area contributed by atoms with Crippen LogP contribution < -0.4 is 14.2 Å². The molecule has 1 aliphatic rings. The Bertz CT molecular complexity index is 945. The van der Waals surface area contributed by atoms with Gasteiger partial charge >= 0.3 is 5.97 Å². The first-order chi connectivity index (χ1) is 14.5. The Morgan fingerprint density at radius 1 is 0.967 bits per heavy atom.